The summed E-state index contributed by atoms with van der Waals surface area (Å²) in [5.41, 5.74) is 36.2. The van der Waals surface area contributed by atoms with Gasteiger partial charge in [0.1, 0.15) is 0 Å². The molecule has 22 heteroatoms. The minimum absolute atomic E-state index is 0.337. The Bertz CT molecular complexity index is 3480. The quantitative estimate of drug-likeness (QED) is 0.108. The lowest BCUT2D eigenvalue weighted by Crippen LogP contribution is -2.74. The summed E-state index contributed by atoms with van der Waals surface area (Å²) < 4.78 is 0. The van der Waals surface area contributed by atoms with E-state index in [0.29, 0.717) is 63.4 Å². The van der Waals surface area contributed by atoms with E-state index in [1.165, 1.54) is 121 Å². The predicted molar refractivity (Wildman–Crippen MR) is 392 cm³/mol. The molecule has 0 saturated heterocycles. The van der Waals surface area contributed by atoms with Crippen LogP contribution in [0.3, 0.4) is 0 Å². The molecule has 2 atom stereocenters. The summed E-state index contributed by atoms with van der Waals surface area (Å²) in [6.07, 6.45) is 2.12. The molecule has 74 heavy (non-hydrogen) atoms. The maximum Gasteiger partial charge on any atom is 0.0975 e. The SMILES string of the molecule is BBB(B(B)B)c1c(B(B(B)B)B(B)B)c(C)c2c(C)c(C)c(C3=c4c(C)c5c(C)c(C)c(C)c(-c6c(C)c(C)c7c(C)c(C)c(C)c(C)c7c6C)c5c(C)c4=C(C)C(C)C3C)c(B(B)BB)c2c1B(B)B(B)B. The monoisotopic (exact) mass is 949 g/mol. The molecule has 0 saturated carbocycles. The third-order valence-corrected chi connectivity index (χ3v) is 21.6. The smallest absolute Gasteiger partial charge is 0.0975 e. The summed E-state index contributed by atoms with van der Waals surface area (Å²) in [5, 5.41) is 12.1. The van der Waals surface area contributed by atoms with Crippen LogP contribution < -0.4 is 32.3 Å². The van der Waals surface area contributed by atoms with E-state index in [0.717, 1.165) is 14.1 Å². The van der Waals surface area contributed by atoms with Crippen LogP contribution in [0.2, 0.25) is 0 Å². The van der Waals surface area contributed by atoms with Crippen molar-refractivity contribution in [2.75, 3.05) is 0 Å². The van der Waals surface area contributed by atoms with E-state index >= 15 is 0 Å². The van der Waals surface area contributed by atoms with Gasteiger partial charge in [-0.25, -0.2) is 0 Å². The highest BCUT2D eigenvalue weighted by Crippen LogP contribution is 2.47. The van der Waals surface area contributed by atoms with Crippen molar-refractivity contribution in [2.24, 2.45) is 11.8 Å². The first-order valence-electron chi connectivity index (χ1n) is 29.8. The lowest BCUT2D eigenvalue weighted by molar-refractivity contribution is 0.573. The van der Waals surface area contributed by atoms with Gasteiger partial charge in [0.15, 0.2) is 0 Å². The molecular formula is C52H82B22. The zero-order chi connectivity index (χ0) is 55.7. The van der Waals surface area contributed by atoms with E-state index in [1.807, 2.05) is 0 Å². The second kappa shape index (κ2) is 21.5. The third-order valence-electron chi connectivity index (χ3n) is 21.6. The first-order valence-corrected chi connectivity index (χ1v) is 29.8. The molecule has 0 amide bonds. The largest absolute Gasteiger partial charge is 0.112 e. The van der Waals surface area contributed by atoms with Gasteiger partial charge < -0.3 is 0 Å². The number of rotatable bonds is 12. The van der Waals surface area contributed by atoms with Crippen LogP contribution in [-0.4, -0.2) is 158 Å². The Morgan fingerprint density at radius 3 is 1.20 bits per heavy atom. The fourth-order valence-corrected chi connectivity index (χ4v) is 16.1. The van der Waals surface area contributed by atoms with Crippen LogP contribution in [-0.2, 0) is 0 Å². The van der Waals surface area contributed by atoms with Gasteiger partial charge in [0.05, 0.1) is 133 Å². The molecule has 0 aliphatic heterocycles. The van der Waals surface area contributed by atoms with Crippen molar-refractivity contribution in [3.8, 4) is 11.1 Å². The molecule has 0 spiro atoms. The second-order valence-electron chi connectivity index (χ2n) is 26.4. The van der Waals surface area contributed by atoms with Crippen molar-refractivity contribution in [3.63, 3.8) is 0 Å². The van der Waals surface area contributed by atoms with Crippen molar-refractivity contribution in [1.82, 2.24) is 0 Å². The molecule has 1 aliphatic carbocycles. The maximum atomic E-state index is 2.60. The molecule has 0 fully saturated rings. The van der Waals surface area contributed by atoms with Gasteiger partial charge in [0, 0.05) is 25.5 Å². The lowest BCUT2D eigenvalue weighted by Gasteiger charge is -2.39. The Kier molecular flexibility index (Phi) is 17.1. The lowest BCUT2D eigenvalue weighted by atomic mass is 8.70. The van der Waals surface area contributed by atoms with Gasteiger partial charge in [-0.2, -0.15) is 0 Å². The fourth-order valence-electron chi connectivity index (χ4n) is 16.1. The van der Waals surface area contributed by atoms with Crippen molar-refractivity contribution in [2.45, 2.75) is 125 Å². The van der Waals surface area contributed by atoms with Crippen LogP contribution in [0.25, 0.3) is 54.6 Å². The number of hydrogen-bond acceptors (Lipinski definition) is 0. The van der Waals surface area contributed by atoms with E-state index in [2.05, 4.69) is 217 Å². The highest BCUT2D eigenvalue weighted by molar-refractivity contribution is 7.85. The van der Waals surface area contributed by atoms with Crippen molar-refractivity contribution in [1.29, 1.82) is 0 Å². The van der Waals surface area contributed by atoms with E-state index in [9.17, 15) is 0 Å². The van der Waals surface area contributed by atoms with E-state index in [1.54, 1.807) is 54.9 Å². The standard InChI is InChI=1S/C52H82B22/c1-19-20(2)24(6)38-33(15)41(30(12)29(11)37(38)23(19)5)43-27(9)21(3)25(7)39-35(17)46-40(34(16)45(39)43)26(8)22(4)28(10)44(46)47-32(14)31(13)42-36(18)49(70(73(61)62)74(63)64)52(69(66-54)72(59)60)51(68(56)71(57)58)48(42)50(47)67(55)65-53/h22,28,65-66H,53-64H2,1-18H3. The summed E-state index contributed by atoms with van der Waals surface area (Å²) >= 11 is 0. The zero-order valence-electron chi connectivity index (χ0n) is 53.2. The highest BCUT2D eigenvalue weighted by atomic mass is 14.4. The molecule has 0 heterocycles. The molecule has 0 radical (unpaired) electrons. The average Bonchev–Trinajstić information content (AvgIpc) is 3.33. The Hall–Kier alpha value is -2.73. The predicted octanol–water partition coefficient (Wildman–Crippen LogP) is -5.54. The molecule has 2 unspecified atom stereocenters. The first kappa shape index (κ1) is 58.9. The molecule has 7 rings (SSSR count). The van der Waals surface area contributed by atoms with Crippen molar-refractivity contribution >= 4 is 224 Å². The minimum atomic E-state index is 0.337. The molecule has 356 valence electrons. The highest BCUT2D eigenvalue weighted by Gasteiger charge is 2.40. The number of benzene rings is 6. The van der Waals surface area contributed by atoms with Gasteiger partial charge in [-0.3, -0.25) is 0 Å². The fraction of sp³-hybridized carbons (Fsp3) is 0.385. The summed E-state index contributed by atoms with van der Waals surface area (Å²) in [5.74, 6) is 0.717. The first-order chi connectivity index (χ1) is 34.4. The molecule has 6 aromatic rings. The molecular weight excluding hydrogens is 862 g/mol. The third kappa shape index (κ3) is 8.64. The molecule has 0 aromatic heterocycles. The van der Waals surface area contributed by atoms with Crippen LogP contribution >= 0.6 is 0 Å². The maximum absolute atomic E-state index is 2.60. The van der Waals surface area contributed by atoms with Gasteiger partial charge in [-0.1, -0.05) is 35.9 Å². The van der Waals surface area contributed by atoms with Gasteiger partial charge in [0.2, 0.25) is 0 Å². The van der Waals surface area contributed by atoms with Crippen LogP contribution in [0.1, 0.15) is 110 Å². The summed E-state index contributed by atoms with van der Waals surface area (Å²) in [6.45, 7) is 46.1. The number of hydrogen-bond donors (Lipinski definition) is 0. The second-order valence-corrected chi connectivity index (χ2v) is 26.4. The van der Waals surface area contributed by atoms with Gasteiger partial charge in [-0.05, 0) is 266 Å². The van der Waals surface area contributed by atoms with E-state index in [4.69, 9.17) is 0 Å². The van der Waals surface area contributed by atoms with Gasteiger partial charge >= 0.3 is 0 Å². The van der Waals surface area contributed by atoms with E-state index in [-0.39, 0.29) is 0 Å². The number of fused-ring (bicyclic) bond motifs is 4. The van der Waals surface area contributed by atoms with Crippen LogP contribution in [0.4, 0.5) is 0 Å². The molecule has 0 bridgehead atoms. The zero-order valence-corrected chi connectivity index (χ0v) is 53.2. The Balaban J connectivity index is 1.86. The summed E-state index contributed by atoms with van der Waals surface area (Å²) in [6, 6.07) is 0. The average molecular weight is 945 g/mol. The Morgan fingerprint density at radius 2 is 0.743 bits per heavy atom. The van der Waals surface area contributed by atoms with Gasteiger partial charge in [-0.15, -0.1) is 10.9 Å². The van der Waals surface area contributed by atoms with Gasteiger partial charge in [0.25, 0.3) is 0 Å². The van der Waals surface area contributed by atoms with Crippen LogP contribution in [0.15, 0.2) is 0 Å². The van der Waals surface area contributed by atoms with Crippen molar-refractivity contribution < 1.29 is 0 Å². The van der Waals surface area contributed by atoms with E-state index < -0.39 is 0 Å². The molecule has 0 nitrogen and oxygen atoms in total. The molecule has 6 aromatic carbocycles. The summed E-state index contributed by atoms with van der Waals surface area (Å²) in [7, 11) is 32.4. The number of aryl methyl sites for hydroxylation is 9. The minimum Gasteiger partial charge on any atom is -0.112 e. The Labute approximate surface area is 467 Å². The molecule has 0 N–H and O–H groups in total. The normalized spacial score (nSPS) is 14.4. The molecule has 1 aliphatic rings. The summed E-state index contributed by atoms with van der Waals surface area (Å²) in [4.78, 5) is 0. The van der Waals surface area contributed by atoms with Crippen molar-refractivity contribution in [3.05, 3.63) is 99.5 Å². The topological polar surface area (TPSA) is 0 Å². The van der Waals surface area contributed by atoms with Crippen LogP contribution in [0, 0.1) is 116 Å². The Morgan fingerprint density at radius 1 is 0.324 bits per heavy atom. The van der Waals surface area contributed by atoms with Crippen LogP contribution in [0.5, 0.6) is 0 Å².